The van der Waals surface area contributed by atoms with Crippen molar-refractivity contribution in [3.8, 4) is 5.69 Å². The van der Waals surface area contributed by atoms with Crippen LogP contribution in [0.4, 0.5) is 0 Å². The van der Waals surface area contributed by atoms with Gasteiger partial charge in [0.25, 0.3) is 0 Å². The van der Waals surface area contributed by atoms with Crippen LogP contribution >= 0.6 is 11.6 Å². The first-order valence-electron chi connectivity index (χ1n) is 9.00. The van der Waals surface area contributed by atoms with Gasteiger partial charge in [0, 0.05) is 55.5 Å². The topological polar surface area (TPSA) is 54.7 Å². The average Bonchev–Trinajstić information content (AvgIpc) is 3.39. The first-order chi connectivity index (χ1) is 12.7. The number of guanidine groups is 1. The van der Waals surface area contributed by atoms with Gasteiger partial charge in [0.2, 0.25) is 0 Å². The standard InChI is InChI=1S/C19H24ClN5O/c1-21-18(24-8-6-19(13-24)7-9-26-14-19)22-10-15-11-23-25(12-15)17-4-2-16(20)3-5-17/h2-5,11-12H,6-10,13-14H2,1H3,(H,21,22). The Bertz CT molecular complexity index is 779. The zero-order valence-electron chi connectivity index (χ0n) is 15.0. The highest BCUT2D eigenvalue weighted by atomic mass is 35.5. The highest BCUT2D eigenvalue weighted by Crippen LogP contribution is 2.38. The summed E-state index contributed by atoms with van der Waals surface area (Å²) in [6.45, 7) is 4.53. The third kappa shape index (κ3) is 3.57. The lowest BCUT2D eigenvalue weighted by Crippen LogP contribution is -2.41. The highest BCUT2D eigenvalue weighted by molar-refractivity contribution is 6.30. The number of nitrogens with one attached hydrogen (secondary N) is 1. The molecule has 1 unspecified atom stereocenters. The lowest BCUT2D eigenvalue weighted by molar-refractivity contribution is 0.156. The van der Waals surface area contributed by atoms with E-state index in [4.69, 9.17) is 16.3 Å². The Morgan fingerprint density at radius 3 is 2.92 bits per heavy atom. The van der Waals surface area contributed by atoms with Crippen LogP contribution in [0.3, 0.4) is 0 Å². The van der Waals surface area contributed by atoms with E-state index in [1.807, 2.05) is 48.4 Å². The first-order valence-corrected chi connectivity index (χ1v) is 9.38. The molecule has 0 saturated carbocycles. The summed E-state index contributed by atoms with van der Waals surface area (Å²) >= 11 is 5.95. The number of hydrogen-bond donors (Lipinski definition) is 1. The van der Waals surface area contributed by atoms with Gasteiger partial charge in [0.1, 0.15) is 0 Å². The third-order valence-corrected chi connectivity index (χ3v) is 5.56. The second kappa shape index (κ2) is 7.29. The highest BCUT2D eigenvalue weighted by Gasteiger charge is 2.42. The second-order valence-corrected chi connectivity index (χ2v) is 7.58. The van der Waals surface area contributed by atoms with Crippen LogP contribution in [0.5, 0.6) is 0 Å². The Labute approximate surface area is 158 Å². The number of aliphatic imine (C=N–C) groups is 1. The molecule has 1 aromatic heterocycles. The van der Waals surface area contributed by atoms with E-state index in [0.29, 0.717) is 12.0 Å². The van der Waals surface area contributed by atoms with Gasteiger partial charge in [0.15, 0.2) is 5.96 Å². The Hall–Kier alpha value is -2.05. The van der Waals surface area contributed by atoms with E-state index < -0.39 is 0 Å². The first kappa shape index (κ1) is 17.4. The normalized spacial score (nSPS) is 23.2. The number of benzene rings is 1. The van der Waals surface area contributed by atoms with E-state index in [2.05, 4.69) is 20.3 Å². The molecule has 1 atom stereocenters. The SMILES string of the molecule is CN=C(NCc1cnn(-c2ccc(Cl)cc2)c1)N1CCC2(CCOC2)C1. The molecule has 2 aromatic rings. The van der Waals surface area contributed by atoms with Crippen LogP contribution in [0.25, 0.3) is 5.69 Å². The molecule has 4 rings (SSSR count). The summed E-state index contributed by atoms with van der Waals surface area (Å²) in [5.74, 6) is 0.952. The van der Waals surface area contributed by atoms with Crippen molar-refractivity contribution < 1.29 is 4.74 Å². The summed E-state index contributed by atoms with van der Waals surface area (Å²) in [5, 5.41) is 8.63. The number of nitrogens with zero attached hydrogens (tertiary/aromatic N) is 4. The van der Waals surface area contributed by atoms with Crippen molar-refractivity contribution in [2.45, 2.75) is 19.4 Å². The van der Waals surface area contributed by atoms with Crippen molar-refractivity contribution in [3.05, 3.63) is 47.2 Å². The molecule has 2 fully saturated rings. The average molecular weight is 374 g/mol. The fourth-order valence-electron chi connectivity index (χ4n) is 3.79. The van der Waals surface area contributed by atoms with Crippen molar-refractivity contribution >= 4 is 17.6 Å². The molecule has 7 heteroatoms. The minimum absolute atomic E-state index is 0.330. The Morgan fingerprint density at radius 2 is 2.19 bits per heavy atom. The van der Waals surface area contributed by atoms with Gasteiger partial charge in [-0.2, -0.15) is 5.10 Å². The van der Waals surface area contributed by atoms with E-state index in [9.17, 15) is 0 Å². The molecule has 2 aliphatic rings. The van der Waals surface area contributed by atoms with Gasteiger partial charge in [-0.15, -0.1) is 0 Å². The number of ether oxygens (including phenoxy) is 1. The Morgan fingerprint density at radius 1 is 1.35 bits per heavy atom. The van der Waals surface area contributed by atoms with E-state index in [1.165, 1.54) is 6.42 Å². The maximum Gasteiger partial charge on any atom is 0.193 e. The molecule has 138 valence electrons. The third-order valence-electron chi connectivity index (χ3n) is 5.31. The molecule has 0 aliphatic carbocycles. The number of aromatic nitrogens is 2. The molecule has 0 bridgehead atoms. The summed E-state index contributed by atoms with van der Waals surface area (Å²) in [7, 11) is 1.84. The Kier molecular flexibility index (Phi) is 4.87. The minimum Gasteiger partial charge on any atom is -0.381 e. The van der Waals surface area contributed by atoms with Gasteiger partial charge in [0.05, 0.1) is 18.5 Å². The second-order valence-electron chi connectivity index (χ2n) is 7.14. The van der Waals surface area contributed by atoms with Crippen molar-refractivity contribution in [1.82, 2.24) is 20.0 Å². The number of halogens is 1. The maximum absolute atomic E-state index is 5.95. The Balaban J connectivity index is 1.37. The van der Waals surface area contributed by atoms with Gasteiger partial charge in [-0.25, -0.2) is 4.68 Å². The van der Waals surface area contributed by atoms with Crippen LogP contribution in [0.15, 0.2) is 41.7 Å². The molecule has 26 heavy (non-hydrogen) atoms. The number of rotatable bonds is 3. The predicted molar refractivity (Wildman–Crippen MR) is 103 cm³/mol. The van der Waals surface area contributed by atoms with Crippen molar-refractivity contribution in [1.29, 1.82) is 0 Å². The monoisotopic (exact) mass is 373 g/mol. The molecule has 1 aromatic carbocycles. The molecule has 1 spiro atoms. The molecule has 0 radical (unpaired) electrons. The molecule has 3 heterocycles. The predicted octanol–water partition coefficient (Wildman–Crippen LogP) is 2.71. The van der Waals surface area contributed by atoms with Gasteiger partial charge in [-0.3, -0.25) is 4.99 Å². The van der Waals surface area contributed by atoms with Crippen LogP contribution in [0.1, 0.15) is 18.4 Å². The van der Waals surface area contributed by atoms with Gasteiger partial charge in [-0.1, -0.05) is 11.6 Å². The largest absolute Gasteiger partial charge is 0.381 e. The molecular formula is C19H24ClN5O. The summed E-state index contributed by atoms with van der Waals surface area (Å²) in [4.78, 5) is 6.81. The zero-order valence-corrected chi connectivity index (χ0v) is 15.7. The van der Waals surface area contributed by atoms with Crippen LogP contribution < -0.4 is 5.32 Å². The maximum atomic E-state index is 5.95. The zero-order chi connectivity index (χ0) is 18.0. The quantitative estimate of drug-likeness (QED) is 0.664. The van der Waals surface area contributed by atoms with Crippen LogP contribution in [0, 0.1) is 5.41 Å². The summed E-state index contributed by atoms with van der Waals surface area (Å²) < 4.78 is 7.48. The van der Waals surface area contributed by atoms with Crippen LogP contribution in [-0.2, 0) is 11.3 Å². The van der Waals surface area contributed by atoms with Crippen molar-refractivity contribution in [3.63, 3.8) is 0 Å². The lowest BCUT2D eigenvalue weighted by Gasteiger charge is -2.24. The van der Waals surface area contributed by atoms with Crippen LogP contribution in [-0.4, -0.2) is 54.0 Å². The van der Waals surface area contributed by atoms with Crippen LogP contribution in [0.2, 0.25) is 5.02 Å². The summed E-state index contributed by atoms with van der Waals surface area (Å²) in [5.41, 5.74) is 2.43. The molecular weight excluding hydrogens is 350 g/mol. The van der Waals surface area contributed by atoms with E-state index in [0.717, 1.165) is 55.0 Å². The van der Waals surface area contributed by atoms with E-state index in [-0.39, 0.29) is 0 Å². The minimum atomic E-state index is 0.330. The smallest absolute Gasteiger partial charge is 0.193 e. The van der Waals surface area contributed by atoms with Crippen molar-refractivity contribution in [2.75, 3.05) is 33.4 Å². The van der Waals surface area contributed by atoms with Gasteiger partial charge < -0.3 is 15.0 Å². The summed E-state index contributed by atoms with van der Waals surface area (Å²) in [6.07, 6.45) is 6.25. The van der Waals surface area contributed by atoms with E-state index in [1.54, 1.807) is 0 Å². The molecule has 2 aliphatic heterocycles. The fraction of sp³-hybridized carbons (Fsp3) is 0.474. The summed E-state index contributed by atoms with van der Waals surface area (Å²) in [6, 6.07) is 7.65. The number of hydrogen-bond acceptors (Lipinski definition) is 3. The molecule has 6 nitrogen and oxygen atoms in total. The molecule has 1 N–H and O–H groups in total. The van der Waals surface area contributed by atoms with Gasteiger partial charge >= 0.3 is 0 Å². The van der Waals surface area contributed by atoms with Crippen molar-refractivity contribution in [2.24, 2.45) is 10.4 Å². The molecule has 0 amide bonds. The van der Waals surface area contributed by atoms with Gasteiger partial charge in [-0.05, 0) is 37.1 Å². The van der Waals surface area contributed by atoms with E-state index >= 15 is 0 Å². The number of likely N-dealkylation sites (tertiary alicyclic amines) is 1. The fourth-order valence-corrected chi connectivity index (χ4v) is 3.91. The lowest BCUT2D eigenvalue weighted by atomic mass is 9.87. The molecule has 2 saturated heterocycles.